The van der Waals surface area contributed by atoms with Gasteiger partial charge in [-0.05, 0) is 13.8 Å². The quantitative estimate of drug-likeness (QED) is 0.238. The number of nitrogen functional groups attached to an aromatic ring is 1. The van der Waals surface area contributed by atoms with E-state index in [0.29, 0.717) is 0 Å². The monoisotopic (exact) mass is 455 g/mol. The summed E-state index contributed by atoms with van der Waals surface area (Å²) in [7, 11) is 0. The summed E-state index contributed by atoms with van der Waals surface area (Å²) in [5.74, 6) is -2.91. The van der Waals surface area contributed by atoms with Crippen LogP contribution in [0.4, 0.5) is 5.82 Å². The zero-order chi connectivity index (χ0) is 23.4. The number of ketones is 1. The first-order valence-electron chi connectivity index (χ1n) is 8.93. The Morgan fingerprint density at radius 3 is 2.61 bits per heavy atom. The summed E-state index contributed by atoms with van der Waals surface area (Å²) in [6.07, 6.45) is -3.41. The molecule has 0 aliphatic carbocycles. The van der Waals surface area contributed by atoms with E-state index >= 15 is 0 Å². The highest BCUT2D eigenvalue weighted by molar-refractivity contribution is 7.47. The summed E-state index contributed by atoms with van der Waals surface area (Å²) in [6.45, 7) is 1.36. The number of hydrogen-bond acceptors (Lipinski definition) is 13. The topological polar surface area (TPSA) is 232 Å². The van der Waals surface area contributed by atoms with E-state index in [1.807, 2.05) is 0 Å². The van der Waals surface area contributed by atoms with Gasteiger partial charge in [0.2, 0.25) is 11.4 Å². The molecule has 1 aliphatic heterocycles. The molecule has 168 valence electrons. The lowest BCUT2D eigenvalue weighted by Crippen LogP contribution is -2.72. The van der Waals surface area contributed by atoms with Gasteiger partial charge in [-0.1, -0.05) is 0 Å². The van der Waals surface area contributed by atoms with Crippen LogP contribution < -0.4 is 11.5 Å². The maximum Gasteiger partial charge on any atom is 0.275 e. The Morgan fingerprint density at radius 2 is 2.10 bits per heavy atom. The number of nitrogens with two attached hydrogens (primary N) is 2. The van der Waals surface area contributed by atoms with Crippen molar-refractivity contribution in [1.29, 1.82) is 0 Å². The van der Waals surface area contributed by atoms with Gasteiger partial charge in [-0.15, -0.1) is 0 Å². The molecular formula is C16H21N7O7S. The number of carbonyl (C=O) groups is 2. The third-order valence-corrected chi connectivity index (χ3v) is 6.02. The molecule has 0 radical (unpaired) electrons. The number of aliphatic hydroxyl groups excluding tert-OH is 3. The molecule has 1 saturated heterocycles. The number of anilines is 1. The molecule has 0 spiro atoms. The van der Waals surface area contributed by atoms with Crippen LogP contribution >= 0.6 is 0 Å². The van der Waals surface area contributed by atoms with Gasteiger partial charge < -0.3 is 36.6 Å². The van der Waals surface area contributed by atoms with Gasteiger partial charge in [-0.2, -0.15) is 0 Å². The van der Waals surface area contributed by atoms with Crippen LogP contribution in [0.2, 0.25) is 0 Å². The van der Waals surface area contributed by atoms with Gasteiger partial charge in [0.15, 0.2) is 17.0 Å². The maximum absolute atomic E-state index is 13.6. The fourth-order valence-corrected chi connectivity index (χ4v) is 3.89. The van der Waals surface area contributed by atoms with Gasteiger partial charge >= 0.3 is 0 Å². The van der Waals surface area contributed by atoms with Crippen molar-refractivity contribution in [2.75, 3.05) is 12.3 Å². The number of amides is 1. The smallest absolute Gasteiger partial charge is 0.275 e. The Kier molecular flexibility index (Phi) is 5.54. The van der Waals surface area contributed by atoms with E-state index in [9.17, 15) is 30.0 Å². The van der Waals surface area contributed by atoms with E-state index in [-0.39, 0.29) is 17.0 Å². The first kappa shape index (κ1) is 23.0. The Hall–Kier alpha value is -2.69. The molecule has 15 heteroatoms. The minimum absolute atomic E-state index is 0.0188. The minimum atomic E-state index is -3.19. The molecular weight excluding hydrogens is 434 g/mol. The van der Waals surface area contributed by atoms with E-state index < -0.39 is 53.5 Å². The Morgan fingerprint density at radius 1 is 1.45 bits per heavy atom. The van der Waals surface area contributed by atoms with E-state index in [1.54, 1.807) is 0 Å². The fourth-order valence-electron chi connectivity index (χ4n) is 3.65. The molecule has 1 amide bonds. The van der Waals surface area contributed by atoms with Crippen LogP contribution in [-0.2, 0) is 32.5 Å². The average molecular weight is 455 g/mol. The lowest BCUT2D eigenvalue weighted by Gasteiger charge is -2.42. The zero-order valence-electron chi connectivity index (χ0n) is 16.4. The van der Waals surface area contributed by atoms with Gasteiger partial charge in [0.1, 0.15) is 30.4 Å². The molecule has 31 heavy (non-hydrogen) atoms. The van der Waals surface area contributed by atoms with Crippen LogP contribution in [0.25, 0.3) is 11.2 Å². The van der Waals surface area contributed by atoms with Crippen molar-refractivity contribution in [1.82, 2.24) is 19.5 Å². The highest BCUT2D eigenvalue weighted by Gasteiger charge is 2.76. The number of Topliss-reactive ketones (excluding diaryl/α,β-unsaturated/α-hetero) is 1. The molecule has 0 saturated carbocycles. The molecule has 6 atom stereocenters. The van der Waals surface area contributed by atoms with Crippen LogP contribution in [0.3, 0.4) is 0 Å². The van der Waals surface area contributed by atoms with Crippen LogP contribution in [0, 0.1) is 0 Å². The van der Waals surface area contributed by atoms with Gasteiger partial charge in [-0.3, -0.25) is 14.2 Å². The van der Waals surface area contributed by atoms with Crippen molar-refractivity contribution in [3.05, 3.63) is 12.7 Å². The summed E-state index contributed by atoms with van der Waals surface area (Å²) >= 11 is 4.64. The van der Waals surface area contributed by atoms with Crippen molar-refractivity contribution in [2.45, 2.75) is 49.0 Å². The number of fused-ring (bicyclic) bond motifs is 1. The van der Waals surface area contributed by atoms with Crippen LogP contribution in [-0.4, -0.2) is 87.7 Å². The number of aliphatic hydroxyl groups is 4. The SMILES string of the molecule is C[C@@H](O)[C@](C)(N=S)C(=O)[C@@]1(O)[C@H](O)[C@@H](CO)O[C@@]1(C(N)=O)n1cnc2c(N)ncnc21. The number of nitrogens with zero attached hydrogens (tertiary/aromatic N) is 5. The molecule has 14 nitrogen and oxygen atoms in total. The highest BCUT2D eigenvalue weighted by Crippen LogP contribution is 2.48. The van der Waals surface area contributed by atoms with Crippen LogP contribution in [0.1, 0.15) is 13.8 Å². The second-order valence-corrected chi connectivity index (χ2v) is 7.53. The molecule has 2 aromatic rings. The third-order valence-electron chi connectivity index (χ3n) is 5.64. The van der Waals surface area contributed by atoms with Gasteiger partial charge in [-0.25, -0.2) is 19.3 Å². The molecule has 0 aromatic carbocycles. The first-order chi connectivity index (χ1) is 14.4. The number of aromatic nitrogens is 4. The highest BCUT2D eigenvalue weighted by atomic mass is 32.1. The number of carbonyl (C=O) groups excluding carboxylic acids is 2. The lowest BCUT2D eigenvalue weighted by molar-refractivity contribution is -0.204. The molecule has 2 aromatic heterocycles. The molecule has 1 aliphatic rings. The second kappa shape index (κ2) is 7.47. The Labute approximate surface area is 180 Å². The van der Waals surface area contributed by atoms with E-state index in [4.69, 9.17) is 16.2 Å². The van der Waals surface area contributed by atoms with Crippen molar-refractivity contribution in [3.8, 4) is 0 Å². The van der Waals surface area contributed by atoms with Crippen molar-refractivity contribution in [3.63, 3.8) is 0 Å². The van der Waals surface area contributed by atoms with E-state index in [1.165, 1.54) is 6.92 Å². The van der Waals surface area contributed by atoms with Crippen molar-refractivity contribution < 1.29 is 34.8 Å². The van der Waals surface area contributed by atoms with Crippen molar-refractivity contribution >= 4 is 41.1 Å². The summed E-state index contributed by atoms with van der Waals surface area (Å²) in [5.41, 5.74) is 2.93. The second-order valence-electron chi connectivity index (χ2n) is 7.35. The summed E-state index contributed by atoms with van der Waals surface area (Å²) in [4.78, 5) is 38.1. The molecule has 0 bridgehead atoms. The minimum Gasteiger partial charge on any atom is -0.394 e. The van der Waals surface area contributed by atoms with Gasteiger partial charge in [0, 0.05) is 12.4 Å². The number of hydrogen-bond donors (Lipinski definition) is 6. The molecule has 1 fully saturated rings. The maximum atomic E-state index is 13.6. The summed E-state index contributed by atoms with van der Waals surface area (Å²) < 4.78 is 9.80. The normalized spacial score (nSPS) is 31.3. The molecule has 8 N–H and O–H groups in total. The van der Waals surface area contributed by atoms with E-state index in [0.717, 1.165) is 24.1 Å². The van der Waals surface area contributed by atoms with Gasteiger partial charge in [0.05, 0.1) is 12.7 Å². The predicted octanol–water partition coefficient (Wildman–Crippen LogP) is -3.53. The van der Waals surface area contributed by atoms with E-state index in [2.05, 4.69) is 31.7 Å². The third kappa shape index (κ3) is 2.78. The predicted molar refractivity (Wildman–Crippen MR) is 105 cm³/mol. The molecule has 3 heterocycles. The lowest BCUT2D eigenvalue weighted by atomic mass is 9.72. The Bertz CT molecular complexity index is 1060. The fraction of sp³-hybridized carbons (Fsp3) is 0.562. The van der Waals surface area contributed by atoms with Crippen LogP contribution in [0.15, 0.2) is 17.0 Å². The largest absolute Gasteiger partial charge is 0.394 e. The summed E-state index contributed by atoms with van der Waals surface area (Å²) in [6, 6.07) is 0. The van der Waals surface area contributed by atoms with Crippen LogP contribution in [0.5, 0.6) is 0 Å². The number of rotatable bonds is 7. The zero-order valence-corrected chi connectivity index (χ0v) is 17.2. The average Bonchev–Trinajstić information content (AvgIpc) is 3.26. The Balaban J connectivity index is 2.41. The number of ether oxygens (including phenoxy) is 1. The molecule has 0 unspecified atom stereocenters. The number of imidazole rings is 1. The van der Waals surface area contributed by atoms with Crippen molar-refractivity contribution in [2.24, 2.45) is 10.1 Å². The molecule has 3 rings (SSSR count). The first-order valence-corrected chi connectivity index (χ1v) is 9.30. The number of primary amides is 1. The summed E-state index contributed by atoms with van der Waals surface area (Å²) in [5, 5.41) is 42.3. The standard InChI is InChI=1S/C16H21N7O7S/c1-6(25)14(2,22-31)12(27)15(29)9(26)7(3-24)30-16(15,13(18)28)23-5-21-8-10(17)19-4-20-11(8)23/h4-7,9,24-26,29H,3H2,1-2H3,(H2,18,28)(H2,17,19,20)/t6-,7-,9-,14+,15+,16-/m1/s1. The van der Waals surface area contributed by atoms with Gasteiger partial charge in [0.25, 0.3) is 11.6 Å².